The van der Waals surface area contributed by atoms with Crippen LogP contribution in [0.3, 0.4) is 0 Å². The Morgan fingerprint density at radius 2 is 2.04 bits per heavy atom. The van der Waals surface area contributed by atoms with Crippen molar-refractivity contribution in [2.45, 2.75) is 26.1 Å². The molecule has 3 heterocycles. The number of carbonyl (C=O) groups is 1. The van der Waals surface area contributed by atoms with Crippen molar-refractivity contribution >= 4 is 15.7 Å². The minimum absolute atomic E-state index is 0.0382. The summed E-state index contributed by atoms with van der Waals surface area (Å²) in [6.07, 6.45) is 4.74. The van der Waals surface area contributed by atoms with Crippen LogP contribution in [0.4, 0.5) is 0 Å². The third kappa shape index (κ3) is 4.11. The van der Waals surface area contributed by atoms with Crippen LogP contribution in [0.1, 0.15) is 28.5 Å². The summed E-state index contributed by atoms with van der Waals surface area (Å²) in [4.78, 5) is 21.2. The van der Waals surface area contributed by atoms with Crippen LogP contribution in [-0.2, 0) is 22.9 Å². The highest BCUT2D eigenvalue weighted by molar-refractivity contribution is 7.95. The highest BCUT2D eigenvalue weighted by Crippen LogP contribution is 2.22. The van der Waals surface area contributed by atoms with Gasteiger partial charge in [-0.25, -0.2) is 8.42 Å². The predicted octanol–water partition coefficient (Wildman–Crippen LogP) is 0.266. The van der Waals surface area contributed by atoms with Gasteiger partial charge in [-0.15, -0.1) is 0 Å². The molecule has 2 aliphatic rings. The second kappa shape index (κ2) is 8.02. The summed E-state index contributed by atoms with van der Waals surface area (Å²) in [6, 6.07) is 1.19. The van der Waals surface area contributed by atoms with E-state index in [1.54, 1.807) is 37.2 Å². The van der Waals surface area contributed by atoms with E-state index < -0.39 is 15.9 Å². The van der Waals surface area contributed by atoms with Crippen LogP contribution in [0, 0.1) is 0 Å². The zero-order valence-corrected chi connectivity index (χ0v) is 17.2. The number of nitrogens with zero attached hydrogens (tertiary/aromatic N) is 3. The number of likely N-dealkylation sites (N-methyl/N-ethyl adjacent to an activating group) is 1. The number of sulfone groups is 1. The Morgan fingerprint density at radius 1 is 1.29 bits per heavy atom. The number of hydrogen-bond acceptors (Lipinski definition) is 7. The lowest BCUT2D eigenvalue weighted by Crippen LogP contribution is -2.44. The van der Waals surface area contributed by atoms with E-state index in [2.05, 4.69) is 15.2 Å². The van der Waals surface area contributed by atoms with Crippen molar-refractivity contribution in [3.05, 3.63) is 51.8 Å². The fourth-order valence-electron chi connectivity index (χ4n) is 3.45. The number of aromatic nitrogens is 1. The number of allylic oxidation sites excluding steroid dienone is 2. The predicted molar refractivity (Wildman–Crippen MR) is 106 cm³/mol. The van der Waals surface area contributed by atoms with E-state index in [1.807, 2.05) is 13.1 Å². The van der Waals surface area contributed by atoms with Crippen molar-refractivity contribution in [1.29, 1.82) is 0 Å². The van der Waals surface area contributed by atoms with Crippen molar-refractivity contribution in [2.24, 2.45) is 0 Å². The maximum Gasteiger partial charge on any atom is 0.253 e. The minimum Gasteiger partial charge on any atom is -0.394 e. The van der Waals surface area contributed by atoms with Gasteiger partial charge in [0.05, 0.1) is 41.1 Å². The molecule has 0 spiro atoms. The monoisotopic (exact) mass is 406 g/mol. The van der Waals surface area contributed by atoms with Crippen molar-refractivity contribution in [2.75, 3.05) is 33.0 Å². The quantitative estimate of drug-likeness (QED) is 0.699. The Balaban J connectivity index is 1.77. The molecule has 3 rings (SSSR count). The fraction of sp³-hybridized carbons (Fsp3) is 0.474. The van der Waals surface area contributed by atoms with Gasteiger partial charge in [0, 0.05) is 32.0 Å². The Bertz CT molecular complexity index is 939. The van der Waals surface area contributed by atoms with Gasteiger partial charge in [-0.2, -0.15) is 0 Å². The summed E-state index contributed by atoms with van der Waals surface area (Å²) in [7, 11) is 0.463. The van der Waals surface area contributed by atoms with Crippen molar-refractivity contribution in [3.8, 4) is 0 Å². The van der Waals surface area contributed by atoms with E-state index in [9.17, 15) is 18.3 Å². The Labute approximate surface area is 165 Å². The molecule has 0 bridgehead atoms. The van der Waals surface area contributed by atoms with Gasteiger partial charge in [-0.1, -0.05) is 6.92 Å². The molecular formula is C19H26N4O4S. The Hall–Kier alpha value is -2.23. The molecule has 1 aromatic heterocycles. The lowest BCUT2D eigenvalue weighted by atomic mass is 10.1. The molecule has 1 atom stereocenters. The van der Waals surface area contributed by atoms with Crippen molar-refractivity contribution in [3.63, 3.8) is 0 Å². The number of fused-ring (bicyclic) bond motifs is 1. The number of rotatable bonds is 6. The molecule has 9 heteroatoms. The zero-order valence-electron chi connectivity index (χ0n) is 16.3. The highest BCUT2D eigenvalue weighted by atomic mass is 32.2. The van der Waals surface area contributed by atoms with Gasteiger partial charge >= 0.3 is 0 Å². The van der Waals surface area contributed by atoms with Crippen LogP contribution in [0.15, 0.2) is 35.0 Å². The van der Waals surface area contributed by atoms with Crippen LogP contribution in [0.2, 0.25) is 0 Å². The number of aliphatic hydroxyl groups is 1. The van der Waals surface area contributed by atoms with Gasteiger partial charge in [-0.3, -0.25) is 14.7 Å². The van der Waals surface area contributed by atoms with Crippen LogP contribution < -0.4 is 5.32 Å². The van der Waals surface area contributed by atoms with E-state index in [1.165, 1.54) is 0 Å². The molecule has 2 N–H and O–H groups in total. The molecule has 0 saturated carbocycles. The molecule has 0 aromatic carbocycles. The summed E-state index contributed by atoms with van der Waals surface area (Å²) < 4.78 is 24.1. The van der Waals surface area contributed by atoms with Crippen LogP contribution in [0.5, 0.6) is 0 Å². The zero-order chi connectivity index (χ0) is 20.5. The van der Waals surface area contributed by atoms with Crippen LogP contribution >= 0.6 is 0 Å². The minimum atomic E-state index is -3.27. The summed E-state index contributed by atoms with van der Waals surface area (Å²) in [5.74, 6) is -0.287. The molecule has 1 amide bonds. The molecule has 8 nitrogen and oxygen atoms in total. The van der Waals surface area contributed by atoms with Gasteiger partial charge in [0.1, 0.15) is 0 Å². The summed E-state index contributed by atoms with van der Waals surface area (Å²) in [5, 5.41) is 12.6. The fourth-order valence-corrected chi connectivity index (χ4v) is 4.49. The van der Waals surface area contributed by atoms with E-state index in [-0.39, 0.29) is 24.8 Å². The van der Waals surface area contributed by atoms with E-state index in [0.717, 1.165) is 24.3 Å². The molecule has 152 valence electrons. The lowest BCUT2D eigenvalue weighted by molar-refractivity contribution is 0.0918. The number of amides is 1. The third-order valence-electron chi connectivity index (χ3n) is 5.08. The summed E-state index contributed by atoms with van der Waals surface area (Å²) in [5.41, 5.74) is 3.10. The number of carbonyl (C=O) groups excluding carboxylic acids is 1. The van der Waals surface area contributed by atoms with Gasteiger partial charge in [0.15, 0.2) is 9.84 Å². The standard InChI is InChI=1S/C19H26N4O4S/c1-4-28(26,27)15-5-6-18(23(3)10-15)17(12-24)21-19(25)13-7-14-9-22(2)11-16(14)20-8-13/h5-8,17,24H,4,9-12H2,1-3H3,(H,21,25). The first-order valence-corrected chi connectivity index (χ1v) is 10.8. The molecule has 1 unspecified atom stereocenters. The molecular weight excluding hydrogens is 380 g/mol. The topological polar surface area (TPSA) is 103 Å². The van der Waals surface area contributed by atoms with E-state index in [4.69, 9.17) is 0 Å². The lowest BCUT2D eigenvalue weighted by Gasteiger charge is -2.31. The second-order valence-electron chi connectivity index (χ2n) is 7.19. The molecule has 0 aliphatic carbocycles. The van der Waals surface area contributed by atoms with E-state index in [0.29, 0.717) is 16.2 Å². The van der Waals surface area contributed by atoms with Crippen molar-refractivity contribution in [1.82, 2.24) is 20.1 Å². The smallest absolute Gasteiger partial charge is 0.253 e. The molecule has 28 heavy (non-hydrogen) atoms. The number of aliphatic hydroxyl groups excluding tert-OH is 1. The number of pyridine rings is 1. The number of hydrogen-bond donors (Lipinski definition) is 2. The van der Waals surface area contributed by atoms with Gasteiger partial charge in [0.25, 0.3) is 5.91 Å². The summed E-state index contributed by atoms with van der Waals surface area (Å²) in [6.45, 7) is 3.03. The molecule has 0 radical (unpaired) electrons. The van der Waals surface area contributed by atoms with E-state index >= 15 is 0 Å². The SMILES string of the molecule is CCS(=O)(=O)C1=CC=C(C(CO)NC(=O)c2cnc3c(c2)CN(C)C3)N(C)C1. The molecule has 2 aliphatic heterocycles. The maximum atomic E-state index is 12.7. The number of nitrogens with one attached hydrogen (secondary N) is 1. The van der Waals surface area contributed by atoms with Gasteiger partial charge in [-0.05, 0) is 30.8 Å². The molecule has 0 saturated heterocycles. The maximum absolute atomic E-state index is 12.7. The Morgan fingerprint density at radius 3 is 2.68 bits per heavy atom. The highest BCUT2D eigenvalue weighted by Gasteiger charge is 2.27. The largest absolute Gasteiger partial charge is 0.394 e. The average Bonchev–Trinajstić information content (AvgIpc) is 3.05. The molecule has 1 aromatic rings. The van der Waals surface area contributed by atoms with Crippen LogP contribution in [0.25, 0.3) is 0 Å². The van der Waals surface area contributed by atoms with Gasteiger partial charge < -0.3 is 15.3 Å². The van der Waals surface area contributed by atoms with Crippen LogP contribution in [-0.4, -0.2) is 73.3 Å². The Kier molecular flexibility index (Phi) is 5.87. The van der Waals surface area contributed by atoms with Gasteiger partial charge in [0.2, 0.25) is 0 Å². The average molecular weight is 407 g/mol. The second-order valence-corrected chi connectivity index (χ2v) is 9.53. The first kappa shape index (κ1) is 20.5. The molecule has 0 fully saturated rings. The normalized spacial score (nSPS) is 18.4. The first-order chi connectivity index (χ1) is 13.2. The third-order valence-corrected chi connectivity index (χ3v) is 6.90. The summed E-state index contributed by atoms with van der Waals surface area (Å²) >= 11 is 0. The van der Waals surface area contributed by atoms with Crippen molar-refractivity contribution < 1.29 is 18.3 Å². The first-order valence-electron chi connectivity index (χ1n) is 9.18.